The van der Waals surface area contributed by atoms with Crippen LogP contribution in [0, 0.1) is 0 Å². The molecule has 4 rings (SSSR count). The average Bonchev–Trinajstić information content (AvgIpc) is 3.27. The van der Waals surface area contributed by atoms with Crippen LogP contribution in [0.2, 0.25) is 0 Å². The Bertz CT molecular complexity index is 1110. The van der Waals surface area contributed by atoms with Crippen LogP contribution in [0.25, 0.3) is 22.3 Å². The number of fused-ring (bicyclic) bond motifs is 1. The second-order valence-corrected chi connectivity index (χ2v) is 6.22. The Morgan fingerprint density at radius 3 is 2.81 bits per heavy atom. The van der Waals surface area contributed by atoms with E-state index in [1.54, 1.807) is 7.11 Å². The Morgan fingerprint density at radius 1 is 1.19 bits per heavy atom. The zero-order valence-corrected chi connectivity index (χ0v) is 15.1. The number of para-hydroxylation sites is 2. The van der Waals surface area contributed by atoms with Gasteiger partial charge in [0.15, 0.2) is 5.82 Å². The van der Waals surface area contributed by atoms with Crippen LogP contribution in [0.3, 0.4) is 0 Å². The number of hydrogen-bond donors (Lipinski definition) is 2. The van der Waals surface area contributed by atoms with Gasteiger partial charge in [-0.2, -0.15) is 4.98 Å². The standard InChI is InChI=1S/C20H19N5O2/c1-25-12-13(14-7-3-5-9-16(14)25)11-18(26)21-20-22-19(23-24-20)15-8-4-6-10-17(15)27-2/h3-10,12H,11H2,1-2H3,(H2,21,22,23,24,26). The molecular formula is C20H19N5O2. The maximum atomic E-state index is 12.5. The van der Waals surface area contributed by atoms with Gasteiger partial charge >= 0.3 is 0 Å². The number of benzene rings is 2. The third-order valence-electron chi connectivity index (χ3n) is 4.43. The van der Waals surface area contributed by atoms with Gasteiger partial charge in [0, 0.05) is 24.1 Å². The van der Waals surface area contributed by atoms with Gasteiger partial charge in [0.1, 0.15) is 5.75 Å². The van der Waals surface area contributed by atoms with Gasteiger partial charge in [-0.3, -0.25) is 15.2 Å². The van der Waals surface area contributed by atoms with Crippen molar-refractivity contribution < 1.29 is 9.53 Å². The highest BCUT2D eigenvalue weighted by Crippen LogP contribution is 2.27. The van der Waals surface area contributed by atoms with E-state index in [0.29, 0.717) is 11.6 Å². The normalized spacial score (nSPS) is 10.9. The van der Waals surface area contributed by atoms with Gasteiger partial charge in [0.2, 0.25) is 11.9 Å². The monoisotopic (exact) mass is 361 g/mol. The van der Waals surface area contributed by atoms with E-state index in [0.717, 1.165) is 22.0 Å². The summed E-state index contributed by atoms with van der Waals surface area (Å²) in [6, 6.07) is 15.5. The van der Waals surface area contributed by atoms with Crippen molar-refractivity contribution in [1.82, 2.24) is 19.7 Å². The Labute approximate surface area is 156 Å². The molecule has 2 aromatic heterocycles. The molecule has 7 nitrogen and oxygen atoms in total. The smallest absolute Gasteiger partial charge is 0.249 e. The summed E-state index contributed by atoms with van der Waals surface area (Å²) in [4.78, 5) is 16.8. The SMILES string of the molecule is COc1ccccc1-c1nc(NC(=O)Cc2cn(C)c3ccccc23)n[nH]1. The van der Waals surface area contributed by atoms with Crippen molar-refractivity contribution in [3.63, 3.8) is 0 Å². The number of ether oxygens (including phenoxy) is 1. The molecule has 1 amide bonds. The molecule has 0 unspecified atom stereocenters. The van der Waals surface area contributed by atoms with Crippen molar-refractivity contribution in [3.05, 3.63) is 60.3 Å². The number of nitrogens with one attached hydrogen (secondary N) is 2. The van der Waals surface area contributed by atoms with E-state index in [1.807, 2.05) is 66.3 Å². The summed E-state index contributed by atoms with van der Waals surface area (Å²) < 4.78 is 7.35. The number of carbonyl (C=O) groups excluding carboxylic acids is 1. The Hall–Kier alpha value is -3.61. The van der Waals surface area contributed by atoms with Crippen LogP contribution in [0.15, 0.2) is 54.7 Å². The van der Waals surface area contributed by atoms with Crippen LogP contribution >= 0.6 is 0 Å². The third kappa shape index (κ3) is 3.27. The molecule has 0 fully saturated rings. The van der Waals surface area contributed by atoms with Crippen molar-refractivity contribution in [2.45, 2.75) is 6.42 Å². The third-order valence-corrected chi connectivity index (χ3v) is 4.43. The quantitative estimate of drug-likeness (QED) is 0.572. The fourth-order valence-corrected chi connectivity index (χ4v) is 3.19. The van der Waals surface area contributed by atoms with Crippen LogP contribution in [0.5, 0.6) is 5.75 Å². The number of aromatic amines is 1. The van der Waals surface area contributed by atoms with Crippen LogP contribution in [0.4, 0.5) is 5.95 Å². The summed E-state index contributed by atoms with van der Waals surface area (Å²) in [5, 5.41) is 10.7. The summed E-state index contributed by atoms with van der Waals surface area (Å²) in [5.74, 6) is 1.29. The molecule has 136 valence electrons. The number of anilines is 1. The summed E-state index contributed by atoms with van der Waals surface area (Å²) >= 11 is 0. The highest BCUT2D eigenvalue weighted by Gasteiger charge is 2.14. The first-order valence-electron chi connectivity index (χ1n) is 8.54. The molecule has 0 atom stereocenters. The number of aryl methyl sites for hydroxylation is 1. The molecular weight excluding hydrogens is 342 g/mol. The Kier molecular flexibility index (Phi) is 4.33. The Morgan fingerprint density at radius 2 is 1.96 bits per heavy atom. The minimum Gasteiger partial charge on any atom is -0.496 e. The zero-order chi connectivity index (χ0) is 18.8. The molecule has 2 N–H and O–H groups in total. The van der Waals surface area contributed by atoms with Gasteiger partial charge in [0.25, 0.3) is 0 Å². The number of aromatic nitrogens is 4. The first-order valence-corrected chi connectivity index (χ1v) is 8.54. The minimum atomic E-state index is -0.170. The molecule has 0 bridgehead atoms. The van der Waals surface area contributed by atoms with Crippen molar-refractivity contribution in [1.29, 1.82) is 0 Å². The molecule has 0 aliphatic carbocycles. The number of rotatable bonds is 5. The van der Waals surface area contributed by atoms with Crippen molar-refractivity contribution in [2.75, 3.05) is 12.4 Å². The van der Waals surface area contributed by atoms with Gasteiger partial charge in [-0.25, -0.2) is 0 Å². The average molecular weight is 361 g/mol. The van der Waals surface area contributed by atoms with E-state index in [4.69, 9.17) is 4.74 Å². The number of methoxy groups -OCH3 is 1. The lowest BCUT2D eigenvalue weighted by atomic mass is 10.1. The highest BCUT2D eigenvalue weighted by atomic mass is 16.5. The zero-order valence-electron chi connectivity index (χ0n) is 15.1. The van der Waals surface area contributed by atoms with E-state index in [2.05, 4.69) is 20.5 Å². The summed E-state index contributed by atoms with van der Waals surface area (Å²) in [6.07, 6.45) is 2.22. The van der Waals surface area contributed by atoms with Gasteiger partial charge in [-0.15, -0.1) is 5.10 Å². The molecule has 27 heavy (non-hydrogen) atoms. The number of hydrogen-bond acceptors (Lipinski definition) is 4. The highest BCUT2D eigenvalue weighted by molar-refractivity contribution is 5.95. The first kappa shape index (κ1) is 16.8. The number of carbonyl (C=O) groups is 1. The molecule has 2 heterocycles. The summed E-state index contributed by atoms with van der Waals surface area (Å²) in [6.45, 7) is 0. The lowest BCUT2D eigenvalue weighted by Crippen LogP contribution is -2.15. The fraction of sp³-hybridized carbons (Fsp3) is 0.150. The number of nitrogens with zero attached hydrogens (tertiary/aromatic N) is 3. The topological polar surface area (TPSA) is 84.8 Å². The largest absolute Gasteiger partial charge is 0.496 e. The molecule has 0 saturated heterocycles. The summed E-state index contributed by atoms with van der Waals surface area (Å²) in [5.41, 5.74) is 2.84. The lowest BCUT2D eigenvalue weighted by Gasteiger charge is -2.04. The predicted octanol–water partition coefficient (Wildman–Crippen LogP) is 3.15. The van der Waals surface area contributed by atoms with Crippen molar-refractivity contribution in [2.24, 2.45) is 7.05 Å². The van der Waals surface area contributed by atoms with Crippen LogP contribution in [0.1, 0.15) is 5.56 Å². The van der Waals surface area contributed by atoms with Gasteiger partial charge in [-0.05, 0) is 23.8 Å². The second kappa shape index (κ2) is 6.95. The maximum Gasteiger partial charge on any atom is 0.249 e. The van der Waals surface area contributed by atoms with Crippen LogP contribution in [-0.2, 0) is 18.3 Å². The molecule has 0 aliphatic heterocycles. The first-order chi connectivity index (χ1) is 13.2. The van der Waals surface area contributed by atoms with Crippen molar-refractivity contribution >= 4 is 22.8 Å². The molecule has 0 radical (unpaired) electrons. The minimum absolute atomic E-state index is 0.170. The lowest BCUT2D eigenvalue weighted by molar-refractivity contribution is -0.115. The van der Waals surface area contributed by atoms with Gasteiger partial charge < -0.3 is 9.30 Å². The molecule has 4 aromatic rings. The molecule has 2 aromatic carbocycles. The fourth-order valence-electron chi connectivity index (χ4n) is 3.19. The molecule has 7 heteroatoms. The molecule has 0 saturated carbocycles. The predicted molar refractivity (Wildman–Crippen MR) is 104 cm³/mol. The maximum absolute atomic E-state index is 12.5. The van der Waals surface area contributed by atoms with Gasteiger partial charge in [0.05, 0.1) is 19.1 Å². The van der Waals surface area contributed by atoms with Crippen LogP contribution < -0.4 is 10.1 Å². The Balaban J connectivity index is 1.51. The molecule has 0 aliphatic rings. The van der Waals surface area contributed by atoms with E-state index in [-0.39, 0.29) is 18.3 Å². The van der Waals surface area contributed by atoms with E-state index in [1.165, 1.54) is 0 Å². The van der Waals surface area contributed by atoms with Gasteiger partial charge in [-0.1, -0.05) is 30.3 Å². The molecule has 0 spiro atoms. The number of H-pyrrole nitrogens is 1. The van der Waals surface area contributed by atoms with E-state index < -0.39 is 0 Å². The van der Waals surface area contributed by atoms with E-state index >= 15 is 0 Å². The van der Waals surface area contributed by atoms with E-state index in [9.17, 15) is 4.79 Å². The van der Waals surface area contributed by atoms with Crippen molar-refractivity contribution in [3.8, 4) is 17.1 Å². The number of amides is 1. The second-order valence-electron chi connectivity index (χ2n) is 6.22. The van der Waals surface area contributed by atoms with Crippen LogP contribution in [-0.4, -0.2) is 32.8 Å². The summed E-state index contributed by atoms with van der Waals surface area (Å²) in [7, 11) is 3.57.